The largest absolute Gasteiger partial charge is 0.481 e. The van der Waals surface area contributed by atoms with E-state index >= 15 is 0 Å². The van der Waals surface area contributed by atoms with Crippen molar-refractivity contribution in [2.75, 3.05) is 0 Å². The van der Waals surface area contributed by atoms with Crippen LogP contribution in [0, 0.1) is 23.7 Å². The number of carboxylic acids is 1. The first-order valence-electron chi connectivity index (χ1n) is 7.84. The highest BCUT2D eigenvalue weighted by Crippen LogP contribution is 2.45. The molecule has 1 amide bonds. The minimum atomic E-state index is -0.855. The van der Waals surface area contributed by atoms with Crippen LogP contribution >= 0.6 is 0 Å². The molecule has 4 heteroatoms. The number of rotatable bonds is 4. The number of aliphatic carboxylic acids is 1. The summed E-state index contributed by atoms with van der Waals surface area (Å²) >= 11 is 0. The van der Waals surface area contributed by atoms with E-state index in [1.54, 1.807) is 0 Å². The van der Waals surface area contributed by atoms with Crippen LogP contribution in [-0.4, -0.2) is 17.0 Å². The van der Waals surface area contributed by atoms with E-state index in [4.69, 9.17) is 0 Å². The van der Waals surface area contributed by atoms with Crippen LogP contribution in [0.15, 0.2) is 42.5 Å². The molecule has 4 nitrogen and oxygen atoms in total. The summed E-state index contributed by atoms with van der Waals surface area (Å²) in [6.45, 7) is 1.93. The molecular weight excluding hydrogens is 278 g/mol. The second-order valence-corrected chi connectivity index (χ2v) is 6.32. The zero-order valence-corrected chi connectivity index (χ0v) is 12.6. The van der Waals surface area contributed by atoms with Gasteiger partial charge in [0.05, 0.1) is 17.9 Å². The van der Waals surface area contributed by atoms with Gasteiger partial charge >= 0.3 is 5.97 Å². The molecule has 3 aliphatic carbocycles. The minimum absolute atomic E-state index is 0.00900. The molecule has 0 radical (unpaired) electrons. The van der Waals surface area contributed by atoms with Crippen LogP contribution in [0.3, 0.4) is 0 Å². The molecule has 0 aromatic heterocycles. The minimum Gasteiger partial charge on any atom is -0.481 e. The van der Waals surface area contributed by atoms with Crippen LogP contribution in [-0.2, 0) is 9.59 Å². The monoisotopic (exact) mass is 299 g/mol. The van der Waals surface area contributed by atoms with Gasteiger partial charge in [-0.1, -0.05) is 42.5 Å². The van der Waals surface area contributed by atoms with Crippen molar-refractivity contribution in [3.63, 3.8) is 0 Å². The number of hydrogen-bond acceptors (Lipinski definition) is 2. The molecule has 2 bridgehead atoms. The van der Waals surface area contributed by atoms with Gasteiger partial charge < -0.3 is 10.4 Å². The molecule has 1 saturated carbocycles. The number of carbonyl (C=O) groups excluding carboxylic acids is 1. The first kappa shape index (κ1) is 14.8. The molecule has 5 atom stereocenters. The van der Waals surface area contributed by atoms with Gasteiger partial charge in [0.1, 0.15) is 0 Å². The third kappa shape index (κ3) is 2.65. The highest BCUT2D eigenvalue weighted by Gasteiger charge is 2.48. The van der Waals surface area contributed by atoms with Gasteiger partial charge in [-0.15, -0.1) is 0 Å². The molecule has 116 valence electrons. The van der Waals surface area contributed by atoms with Crippen molar-refractivity contribution in [3.8, 4) is 0 Å². The third-order valence-corrected chi connectivity index (χ3v) is 4.99. The van der Waals surface area contributed by atoms with Gasteiger partial charge in [0.25, 0.3) is 0 Å². The molecule has 4 rings (SSSR count). The summed E-state index contributed by atoms with van der Waals surface area (Å²) in [5.74, 6) is -1.99. The van der Waals surface area contributed by atoms with Gasteiger partial charge in [-0.25, -0.2) is 0 Å². The molecule has 22 heavy (non-hydrogen) atoms. The van der Waals surface area contributed by atoms with Crippen molar-refractivity contribution in [2.24, 2.45) is 23.7 Å². The lowest BCUT2D eigenvalue weighted by atomic mass is 9.62. The Morgan fingerprint density at radius 2 is 1.68 bits per heavy atom. The van der Waals surface area contributed by atoms with E-state index in [-0.39, 0.29) is 23.8 Å². The first-order chi connectivity index (χ1) is 10.6. The lowest BCUT2D eigenvalue weighted by Gasteiger charge is -2.42. The van der Waals surface area contributed by atoms with Crippen LogP contribution in [0.25, 0.3) is 0 Å². The van der Waals surface area contributed by atoms with Crippen molar-refractivity contribution in [1.29, 1.82) is 0 Å². The molecule has 2 N–H and O–H groups in total. The van der Waals surface area contributed by atoms with Gasteiger partial charge in [0, 0.05) is 0 Å². The van der Waals surface area contributed by atoms with Gasteiger partial charge in [-0.2, -0.15) is 0 Å². The lowest BCUT2D eigenvalue weighted by molar-refractivity contribution is -0.153. The lowest BCUT2D eigenvalue weighted by Crippen LogP contribution is -2.49. The van der Waals surface area contributed by atoms with E-state index in [0.717, 1.165) is 18.4 Å². The van der Waals surface area contributed by atoms with E-state index in [1.807, 2.05) is 49.4 Å². The predicted molar refractivity (Wildman–Crippen MR) is 83.0 cm³/mol. The molecule has 0 aliphatic heterocycles. The zero-order valence-electron chi connectivity index (χ0n) is 12.6. The number of hydrogen-bond donors (Lipinski definition) is 2. The Balaban J connectivity index is 1.76. The summed E-state index contributed by atoms with van der Waals surface area (Å²) in [5, 5.41) is 12.5. The van der Waals surface area contributed by atoms with E-state index < -0.39 is 17.8 Å². The van der Waals surface area contributed by atoms with Crippen molar-refractivity contribution in [2.45, 2.75) is 25.8 Å². The predicted octanol–water partition coefficient (Wildman–Crippen LogP) is 2.78. The Kier molecular flexibility index (Phi) is 4.01. The average Bonchev–Trinajstić information content (AvgIpc) is 2.55. The molecule has 3 aliphatic rings. The standard InChI is InChI=1S/C18H21NO3/c1-11(12-5-3-2-4-6-12)19-17(20)15-13-7-9-14(10-8-13)16(15)18(21)22/h2-7,9,11,13-16H,8,10H2,1H3,(H,19,20)(H,21,22). The van der Waals surface area contributed by atoms with Crippen molar-refractivity contribution < 1.29 is 14.7 Å². The highest BCUT2D eigenvalue weighted by molar-refractivity contribution is 5.86. The second-order valence-electron chi connectivity index (χ2n) is 6.32. The number of amides is 1. The van der Waals surface area contributed by atoms with Crippen LogP contribution in [0.4, 0.5) is 0 Å². The molecule has 1 aromatic rings. The van der Waals surface area contributed by atoms with Gasteiger partial charge in [-0.05, 0) is 37.2 Å². The summed E-state index contributed by atoms with van der Waals surface area (Å²) in [6.07, 6.45) is 5.79. The smallest absolute Gasteiger partial charge is 0.307 e. The maximum atomic E-state index is 12.7. The Morgan fingerprint density at radius 3 is 2.23 bits per heavy atom. The van der Waals surface area contributed by atoms with Crippen molar-refractivity contribution >= 4 is 11.9 Å². The van der Waals surface area contributed by atoms with E-state index in [2.05, 4.69) is 5.32 Å². The molecule has 0 saturated heterocycles. The maximum Gasteiger partial charge on any atom is 0.307 e. The fraction of sp³-hybridized carbons (Fsp3) is 0.444. The summed E-state index contributed by atoms with van der Waals surface area (Å²) in [6, 6.07) is 9.61. The average molecular weight is 299 g/mol. The summed E-state index contributed by atoms with van der Waals surface area (Å²) in [7, 11) is 0. The van der Waals surface area contributed by atoms with E-state index in [1.165, 1.54) is 0 Å². The summed E-state index contributed by atoms with van der Waals surface area (Å²) < 4.78 is 0. The number of benzene rings is 1. The number of carboxylic acid groups (broad SMARTS) is 1. The number of carbonyl (C=O) groups is 2. The van der Waals surface area contributed by atoms with Gasteiger partial charge in [-0.3, -0.25) is 9.59 Å². The van der Waals surface area contributed by atoms with E-state index in [0.29, 0.717) is 0 Å². The Bertz CT molecular complexity index is 596. The fourth-order valence-corrected chi connectivity index (χ4v) is 3.82. The summed E-state index contributed by atoms with van der Waals surface area (Å²) in [4.78, 5) is 24.3. The number of allylic oxidation sites excluding steroid dienone is 2. The number of fused-ring (bicyclic) bond motifs is 2. The zero-order chi connectivity index (χ0) is 15.7. The van der Waals surface area contributed by atoms with Crippen LogP contribution in [0.2, 0.25) is 0 Å². The molecule has 0 spiro atoms. The normalized spacial score (nSPS) is 30.8. The first-order valence-corrected chi connectivity index (χ1v) is 7.84. The molecule has 1 aromatic carbocycles. The third-order valence-electron chi connectivity index (χ3n) is 4.99. The van der Waals surface area contributed by atoms with Gasteiger partial charge in [0.2, 0.25) is 5.91 Å². The van der Waals surface area contributed by atoms with Crippen molar-refractivity contribution in [3.05, 3.63) is 48.0 Å². The SMILES string of the molecule is CC(NC(=O)C1C2C=CC(CC2)C1C(=O)O)c1ccccc1. The molecular formula is C18H21NO3. The molecule has 5 unspecified atom stereocenters. The Hall–Kier alpha value is -2.10. The Labute approximate surface area is 130 Å². The van der Waals surface area contributed by atoms with Crippen molar-refractivity contribution in [1.82, 2.24) is 5.32 Å². The number of nitrogens with one attached hydrogen (secondary N) is 1. The van der Waals surface area contributed by atoms with E-state index in [9.17, 15) is 14.7 Å². The summed E-state index contributed by atoms with van der Waals surface area (Å²) in [5.41, 5.74) is 1.03. The van der Waals surface area contributed by atoms with Gasteiger partial charge in [0.15, 0.2) is 0 Å². The molecule has 0 heterocycles. The molecule has 1 fully saturated rings. The highest BCUT2D eigenvalue weighted by atomic mass is 16.4. The quantitative estimate of drug-likeness (QED) is 0.840. The van der Waals surface area contributed by atoms with Crippen LogP contribution in [0.1, 0.15) is 31.4 Å². The second kappa shape index (κ2) is 5.95. The fourth-order valence-electron chi connectivity index (χ4n) is 3.82. The van der Waals surface area contributed by atoms with Crippen LogP contribution in [0.5, 0.6) is 0 Å². The van der Waals surface area contributed by atoms with Crippen LogP contribution < -0.4 is 5.32 Å². The maximum absolute atomic E-state index is 12.7. The Morgan fingerprint density at radius 1 is 1.09 bits per heavy atom. The topological polar surface area (TPSA) is 66.4 Å².